The second-order valence-electron chi connectivity index (χ2n) is 2.31. The van der Waals surface area contributed by atoms with E-state index >= 15 is 0 Å². The van der Waals surface area contributed by atoms with Crippen LogP contribution in [-0.2, 0) is 4.79 Å². The van der Waals surface area contributed by atoms with Crippen molar-refractivity contribution in [1.29, 1.82) is 0 Å². The highest BCUT2D eigenvalue weighted by Gasteiger charge is 2.38. The number of carboxylic acids is 1. The van der Waals surface area contributed by atoms with Gasteiger partial charge in [0.05, 0.1) is 0 Å². The van der Waals surface area contributed by atoms with Gasteiger partial charge in [0.2, 0.25) is 0 Å². The molecule has 0 aliphatic carbocycles. The van der Waals surface area contributed by atoms with Gasteiger partial charge in [-0.3, -0.25) is 4.79 Å². The Kier molecular flexibility index (Phi) is 2.46. The number of hydrogen-bond donors (Lipinski definition) is 2. The van der Waals surface area contributed by atoms with E-state index < -0.39 is 11.5 Å². The van der Waals surface area contributed by atoms with Gasteiger partial charge in [-0.05, 0) is 19.9 Å². The summed E-state index contributed by atoms with van der Waals surface area (Å²) in [4.78, 5) is 10.2. The van der Waals surface area contributed by atoms with Crippen LogP contribution in [0.5, 0.6) is 0 Å². The van der Waals surface area contributed by atoms with Crippen molar-refractivity contribution < 1.29 is 9.90 Å². The minimum Gasteiger partial charge on any atom is -0.480 e. The first-order valence-corrected chi connectivity index (χ1v) is 2.63. The standard InChI is InChI=1S/C5H9NO2.ClH/c1-5(4(7)8)2-3-6-5;/h6H,2-3H2,1H3,(H,7,8);1H/t5-;/m1./s1. The van der Waals surface area contributed by atoms with Crippen LogP contribution in [-0.4, -0.2) is 23.2 Å². The third-order valence-corrected chi connectivity index (χ3v) is 1.61. The zero-order valence-corrected chi connectivity index (χ0v) is 5.99. The minimum absolute atomic E-state index is 0. The molecule has 1 fully saturated rings. The molecule has 0 aromatic heterocycles. The van der Waals surface area contributed by atoms with E-state index in [9.17, 15) is 4.79 Å². The Morgan fingerprint density at radius 1 is 1.78 bits per heavy atom. The fourth-order valence-electron chi connectivity index (χ4n) is 0.683. The van der Waals surface area contributed by atoms with Gasteiger partial charge < -0.3 is 10.4 Å². The van der Waals surface area contributed by atoms with Crippen LogP contribution in [0.1, 0.15) is 13.3 Å². The normalized spacial score (nSPS) is 32.1. The molecule has 1 heterocycles. The van der Waals surface area contributed by atoms with Crippen LogP contribution in [0.3, 0.4) is 0 Å². The predicted octanol–water partition coefficient (Wildman–Crippen LogP) is 0.245. The average Bonchev–Trinajstić information content (AvgIpc) is 1.60. The Bertz CT molecular complexity index is 122. The molecular weight excluding hydrogens is 142 g/mol. The molecule has 0 aromatic carbocycles. The highest BCUT2D eigenvalue weighted by Crippen LogP contribution is 2.16. The molecule has 1 aliphatic rings. The zero-order valence-electron chi connectivity index (χ0n) is 5.18. The SMILES string of the molecule is C[C@]1(C(=O)O)CCN1.Cl. The molecule has 4 heteroatoms. The molecule has 0 spiro atoms. The quantitative estimate of drug-likeness (QED) is 0.565. The van der Waals surface area contributed by atoms with Gasteiger partial charge in [-0.25, -0.2) is 0 Å². The summed E-state index contributed by atoms with van der Waals surface area (Å²) in [7, 11) is 0. The van der Waals surface area contributed by atoms with E-state index in [-0.39, 0.29) is 12.4 Å². The monoisotopic (exact) mass is 151 g/mol. The number of nitrogens with one attached hydrogen (secondary N) is 1. The van der Waals surface area contributed by atoms with Crippen LogP contribution in [0.15, 0.2) is 0 Å². The number of aliphatic carboxylic acids is 1. The molecule has 9 heavy (non-hydrogen) atoms. The van der Waals surface area contributed by atoms with E-state index in [1.165, 1.54) is 0 Å². The third-order valence-electron chi connectivity index (χ3n) is 1.61. The number of carbonyl (C=O) groups is 1. The number of carboxylic acid groups (broad SMARTS) is 1. The number of hydrogen-bond acceptors (Lipinski definition) is 2. The van der Waals surface area contributed by atoms with E-state index in [1.807, 2.05) is 0 Å². The summed E-state index contributed by atoms with van der Waals surface area (Å²) in [5.41, 5.74) is -0.611. The van der Waals surface area contributed by atoms with Crippen molar-refractivity contribution in [2.24, 2.45) is 0 Å². The molecule has 0 amide bonds. The molecule has 1 atom stereocenters. The van der Waals surface area contributed by atoms with Crippen molar-refractivity contribution in [2.45, 2.75) is 18.9 Å². The second-order valence-corrected chi connectivity index (χ2v) is 2.31. The van der Waals surface area contributed by atoms with Gasteiger partial charge in [-0.2, -0.15) is 0 Å². The van der Waals surface area contributed by atoms with Gasteiger partial charge in [0.25, 0.3) is 0 Å². The second kappa shape index (κ2) is 2.54. The summed E-state index contributed by atoms with van der Waals surface area (Å²) in [5.74, 6) is -0.747. The lowest BCUT2D eigenvalue weighted by atomic mass is 9.91. The van der Waals surface area contributed by atoms with Gasteiger partial charge in [-0.1, -0.05) is 0 Å². The molecule has 0 saturated carbocycles. The first kappa shape index (κ1) is 8.72. The van der Waals surface area contributed by atoms with Crippen LogP contribution >= 0.6 is 12.4 Å². The summed E-state index contributed by atoms with van der Waals surface area (Å²) in [6.07, 6.45) is 0.752. The summed E-state index contributed by atoms with van der Waals surface area (Å²) >= 11 is 0. The lowest BCUT2D eigenvalue weighted by Crippen LogP contribution is -2.59. The van der Waals surface area contributed by atoms with E-state index in [0.717, 1.165) is 13.0 Å². The molecule has 1 rings (SSSR count). The smallest absolute Gasteiger partial charge is 0.323 e. The van der Waals surface area contributed by atoms with Crippen LogP contribution in [0.4, 0.5) is 0 Å². The van der Waals surface area contributed by atoms with Crippen molar-refractivity contribution in [3.8, 4) is 0 Å². The van der Waals surface area contributed by atoms with E-state index in [1.54, 1.807) is 6.92 Å². The predicted molar refractivity (Wildman–Crippen MR) is 35.9 cm³/mol. The molecule has 2 N–H and O–H groups in total. The topological polar surface area (TPSA) is 49.3 Å². The fraction of sp³-hybridized carbons (Fsp3) is 0.800. The zero-order chi connectivity index (χ0) is 6.20. The van der Waals surface area contributed by atoms with E-state index in [2.05, 4.69) is 5.32 Å². The van der Waals surface area contributed by atoms with Gasteiger partial charge in [0, 0.05) is 0 Å². The van der Waals surface area contributed by atoms with Gasteiger partial charge in [0.1, 0.15) is 5.54 Å². The largest absolute Gasteiger partial charge is 0.480 e. The maximum absolute atomic E-state index is 10.2. The molecular formula is C5H10ClNO2. The Balaban J connectivity index is 0.000000640. The van der Waals surface area contributed by atoms with Gasteiger partial charge in [-0.15, -0.1) is 12.4 Å². The van der Waals surface area contributed by atoms with Crippen LogP contribution in [0, 0.1) is 0 Å². The molecule has 0 unspecified atom stereocenters. The molecule has 0 bridgehead atoms. The highest BCUT2D eigenvalue weighted by molar-refractivity contribution is 5.85. The Hall–Kier alpha value is -0.280. The first-order valence-electron chi connectivity index (χ1n) is 2.63. The Labute approximate surface area is 59.9 Å². The van der Waals surface area contributed by atoms with Crippen molar-refractivity contribution in [2.75, 3.05) is 6.54 Å². The van der Waals surface area contributed by atoms with Crippen LogP contribution < -0.4 is 5.32 Å². The molecule has 3 nitrogen and oxygen atoms in total. The molecule has 1 aliphatic heterocycles. The maximum atomic E-state index is 10.2. The molecule has 0 radical (unpaired) electrons. The van der Waals surface area contributed by atoms with Crippen molar-refractivity contribution in [3.05, 3.63) is 0 Å². The summed E-state index contributed by atoms with van der Waals surface area (Å²) in [6, 6.07) is 0. The first-order chi connectivity index (χ1) is 3.65. The third kappa shape index (κ3) is 1.34. The van der Waals surface area contributed by atoms with E-state index in [0.29, 0.717) is 0 Å². The van der Waals surface area contributed by atoms with Crippen LogP contribution in [0.25, 0.3) is 0 Å². The number of halogens is 1. The van der Waals surface area contributed by atoms with Crippen molar-refractivity contribution >= 4 is 18.4 Å². The Morgan fingerprint density at radius 2 is 2.22 bits per heavy atom. The fourth-order valence-corrected chi connectivity index (χ4v) is 0.683. The lowest BCUT2D eigenvalue weighted by molar-refractivity contribution is -0.147. The molecule has 1 saturated heterocycles. The summed E-state index contributed by atoms with van der Waals surface area (Å²) in [5, 5.41) is 11.3. The lowest BCUT2D eigenvalue weighted by Gasteiger charge is -2.35. The highest BCUT2D eigenvalue weighted by atomic mass is 35.5. The Morgan fingerprint density at radius 3 is 2.22 bits per heavy atom. The molecule has 0 aromatic rings. The average molecular weight is 152 g/mol. The van der Waals surface area contributed by atoms with Crippen LogP contribution in [0.2, 0.25) is 0 Å². The summed E-state index contributed by atoms with van der Waals surface area (Å²) < 4.78 is 0. The minimum atomic E-state index is -0.747. The molecule has 54 valence electrons. The van der Waals surface area contributed by atoms with Gasteiger partial charge >= 0.3 is 5.97 Å². The van der Waals surface area contributed by atoms with Gasteiger partial charge in [0.15, 0.2) is 0 Å². The van der Waals surface area contributed by atoms with Crippen molar-refractivity contribution in [3.63, 3.8) is 0 Å². The van der Waals surface area contributed by atoms with E-state index in [4.69, 9.17) is 5.11 Å². The summed E-state index contributed by atoms with van der Waals surface area (Å²) in [6.45, 7) is 2.53. The van der Waals surface area contributed by atoms with Crippen molar-refractivity contribution in [1.82, 2.24) is 5.32 Å². The number of rotatable bonds is 1. The maximum Gasteiger partial charge on any atom is 0.323 e.